The molecule has 0 radical (unpaired) electrons. The second-order valence-electron chi connectivity index (χ2n) is 3.86. The second-order valence-corrected chi connectivity index (χ2v) is 3.86. The van der Waals surface area contributed by atoms with Crippen molar-refractivity contribution in [3.63, 3.8) is 0 Å². The molecule has 2 heterocycles. The van der Waals surface area contributed by atoms with Crippen LogP contribution in [0.2, 0.25) is 0 Å². The molecular weight excluding hydrogens is 222 g/mol. The van der Waals surface area contributed by atoms with Crippen molar-refractivity contribution in [3.05, 3.63) is 11.8 Å². The van der Waals surface area contributed by atoms with Crippen molar-refractivity contribution in [2.75, 3.05) is 18.4 Å². The number of piperazine rings is 1. The molecule has 0 aliphatic carbocycles. The molecule has 1 aromatic rings. The molecule has 17 heavy (non-hydrogen) atoms. The van der Waals surface area contributed by atoms with Crippen molar-refractivity contribution in [1.82, 2.24) is 20.8 Å². The van der Waals surface area contributed by atoms with Crippen LogP contribution in [-0.4, -0.2) is 41.1 Å². The molecule has 0 aromatic carbocycles. The van der Waals surface area contributed by atoms with E-state index in [1.807, 2.05) is 6.92 Å². The molecule has 0 spiro atoms. The van der Waals surface area contributed by atoms with E-state index >= 15 is 0 Å². The van der Waals surface area contributed by atoms with Crippen molar-refractivity contribution in [3.8, 4) is 0 Å². The first-order chi connectivity index (χ1) is 8.19. The molecule has 1 aliphatic rings. The van der Waals surface area contributed by atoms with Crippen LogP contribution in [0.25, 0.3) is 0 Å². The molecule has 0 bridgehead atoms. The van der Waals surface area contributed by atoms with E-state index in [1.54, 1.807) is 6.07 Å². The minimum atomic E-state index is -0.408. The normalized spacial score (nSPS) is 19.8. The molecule has 7 heteroatoms. The summed E-state index contributed by atoms with van der Waals surface area (Å²) in [5.74, 6) is 0.215. The largest absolute Gasteiger partial charge is 0.353 e. The standard InChI is InChI=1S/C10H15N5O2/c1-2-6-3-8(15-14-6)13-10(17)7-4-12-9(16)5-11-7/h3,7,11H,2,4-5H2,1H3,(H,12,16)(H2,13,14,15,17). The number of nitrogens with one attached hydrogen (secondary N) is 4. The molecule has 4 N–H and O–H groups in total. The molecule has 2 amide bonds. The van der Waals surface area contributed by atoms with Crippen molar-refractivity contribution < 1.29 is 9.59 Å². The fourth-order valence-electron chi connectivity index (χ4n) is 1.57. The minimum absolute atomic E-state index is 0.0953. The van der Waals surface area contributed by atoms with Gasteiger partial charge in [-0.2, -0.15) is 5.10 Å². The lowest BCUT2D eigenvalue weighted by atomic mass is 10.2. The summed E-state index contributed by atoms with van der Waals surface area (Å²) in [6.07, 6.45) is 0.834. The van der Waals surface area contributed by atoms with Crippen LogP contribution in [0.15, 0.2) is 6.07 Å². The van der Waals surface area contributed by atoms with Crippen molar-refractivity contribution in [2.45, 2.75) is 19.4 Å². The van der Waals surface area contributed by atoms with E-state index in [0.29, 0.717) is 12.4 Å². The Hall–Kier alpha value is -1.89. The Balaban J connectivity index is 1.90. The first kappa shape index (κ1) is 11.6. The topological polar surface area (TPSA) is 98.9 Å². The molecule has 7 nitrogen and oxygen atoms in total. The van der Waals surface area contributed by atoms with Crippen LogP contribution in [-0.2, 0) is 16.0 Å². The molecule has 1 atom stereocenters. The first-order valence-corrected chi connectivity index (χ1v) is 5.54. The smallest absolute Gasteiger partial charge is 0.244 e. The van der Waals surface area contributed by atoms with E-state index in [9.17, 15) is 9.59 Å². The van der Waals surface area contributed by atoms with Gasteiger partial charge in [-0.05, 0) is 6.42 Å². The molecule has 1 aromatic heterocycles. The molecule has 92 valence electrons. The van der Waals surface area contributed by atoms with E-state index in [0.717, 1.165) is 12.1 Å². The number of anilines is 1. The maximum atomic E-state index is 11.8. The highest BCUT2D eigenvalue weighted by Crippen LogP contribution is 2.06. The third-order valence-electron chi connectivity index (χ3n) is 2.59. The Morgan fingerprint density at radius 1 is 1.65 bits per heavy atom. The number of aromatic nitrogens is 2. The van der Waals surface area contributed by atoms with E-state index in [1.165, 1.54) is 0 Å². The predicted molar refractivity (Wildman–Crippen MR) is 61.4 cm³/mol. The monoisotopic (exact) mass is 237 g/mol. The average Bonchev–Trinajstić information content (AvgIpc) is 2.77. The van der Waals surface area contributed by atoms with Gasteiger partial charge in [-0.15, -0.1) is 0 Å². The number of aryl methyl sites for hydroxylation is 1. The molecule has 2 rings (SSSR count). The third kappa shape index (κ3) is 2.82. The Labute approximate surface area is 98.4 Å². The second kappa shape index (κ2) is 4.96. The van der Waals surface area contributed by atoms with E-state index in [2.05, 4.69) is 26.1 Å². The Morgan fingerprint density at radius 3 is 3.06 bits per heavy atom. The van der Waals surface area contributed by atoms with Crippen LogP contribution in [0.1, 0.15) is 12.6 Å². The summed E-state index contributed by atoms with van der Waals surface area (Å²) >= 11 is 0. The molecule has 1 fully saturated rings. The fourth-order valence-corrected chi connectivity index (χ4v) is 1.57. The summed E-state index contributed by atoms with van der Waals surface area (Å²) in [7, 11) is 0. The highest BCUT2D eigenvalue weighted by Gasteiger charge is 2.24. The van der Waals surface area contributed by atoms with Gasteiger partial charge in [0.25, 0.3) is 0 Å². The highest BCUT2D eigenvalue weighted by atomic mass is 16.2. The zero-order valence-corrected chi connectivity index (χ0v) is 9.54. The first-order valence-electron chi connectivity index (χ1n) is 5.54. The number of hydrogen-bond donors (Lipinski definition) is 4. The van der Waals surface area contributed by atoms with Gasteiger partial charge in [0, 0.05) is 18.3 Å². The number of H-pyrrole nitrogens is 1. The zero-order valence-electron chi connectivity index (χ0n) is 9.54. The molecule has 1 unspecified atom stereocenters. The number of hydrogen-bond acceptors (Lipinski definition) is 4. The quantitative estimate of drug-likeness (QED) is 0.542. The Kier molecular flexibility index (Phi) is 3.38. The van der Waals surface area contributed by atoms with Gasteiger partial charge in [0.15, 0.2) is 5.82 Å². The summed E-state index contributed by atoms with van der Waals surface area (Å²) in [4.78, 5) is 22.7. The lowest BCUT2D eigenvalue weighted by Crippen LogP contribution is -2.56. The van der Waals surface area contributed by atoms with Crippen molar-refractivity contribution in [2.24, 2.45) is 0 Å². The summed E-state index contributed by atoms with van der Waals surface area (Å²) < 4.78 is 0. The van der Waals surface area contributed by atoms with Crippen LogP contribution in [0.3, 0.4) is 0 Å². The zero-order chi connectivity index (χ0) is 12.3. The summed E-state index contributed by atoms with van der Waals surface area (Å²) in [6.45, 7) is 2.46. The van der Waals surface area contributed by atoms with Gasteiger partial charge >= 0.3 is 0 Å². The molecular formula is C10H15N5O2. The maximum absolute atomic E-state index is 11.8. The SMILES string of the molecule is CCc1cc(NC(=O)C2CNC(=O)CN2)n[nH]1. The number of nitrogens with zero attached hydrogens (tertiary/aromatic N) is 1. The Bertz CT molecular complexity index is 418. The maximum Gasteiger partial charge on any atom is 0.244 e. The van der Waals surface area contributed by atoms with Gasteiger partial charge < -0.3 is 10.6 Å². The van der Waals surface area contributed by atoms with E-state index in [-0.39, 0.29) is 18.4 Å². The summed E-state index contributed by atoms with van der Waals surface area (Å²) in [5.41, 5.74) is 0.963. The van der Waals surface area contributed by atoms with Gasteiger partial charge in [0.2, 0.25) is 11.8 Å². The highest BCUT2D eigenvalue weighted by molar-refractivity contribution is 5.95. The number of carbonyl (C=O) groups excluding carboxylic acids is 2. The summed E-state index contributed by atoms with van der Waals surface area (Å²) in [5, 5.41) is 14.9. The van der Waals surface area contributed by atoms with Gasteiger partial charge in [0.05, 0.1) is 6.54 Å². The van der Waals surface area contributed by atoms with Crippen LogP contribution >= 0.6 is 0 Å². The Morgan fingerprint density at radius 2 is 2.47 bits per heavy atom. The third-order valence-corrected chi connectivity index (χ3v) is 2.59. The van der Waals surface area contributed by atoms with Gasteiger partial charge in [0.1, 0.15) is 6.04 Å². The van der Waals surface area contributed by atoms with Crippen molar-refractivity contribution >= 4 is 17.6 Å². The number of rotatable bonds is 3. The van der Waals surface area contributed by atoms with E-state index < -0.39 is 6.04 Å². The van der Waals surface area contributed by atoms with Crippen LogP contribution in [0.5, 0.6) is 0 Å². The van der Waals surface area contributed by atoms with E-state index in [4.69, 9.17) is 0 Å². The minimum Gasteiger partial charge on any atom is -0.353 e. The number of amides is 2. The molecule has 1 aliphatic heterocycles. The molecule has 0 saturated carbocycles. The number of aromatic amines is 1. The lowest BCUT2D eigenvalue weighted by Gasteiger charge is -2.22. The summed E-state index contributed by atoms with van der Waals surface area (Å²) in [6, 6.07) is 1.38. The number of carbonyl (C=O) groups is 2. The van der Waals surface area contributed by atoms with Crippen LogP contribution < -0.4 is 16.0 Å². The average molecular weight is 237 g/mol. The predicted octanol–water partition coefficient (Wildman–Crippen LogP) is -1.00. The van der Waals surface area contributed by atoms with Crippen LogP contribution in [0.4, 0.5) is 5.82 Å². The lowest BCUT2D eigenvalue weighted by molar-refractivity contribution is -0.124. The van der Waals surface area contributed by atoms with Gasteiger partial charge in [-0.1, -0.05) is 6.92 Å². The fraction of sp³-hybridized carbons (Fsp3) is 0.500. The van der Waals surface area contributed by atoms with Crippen molar-refractivity contribution in [1.29, 1.82) is 0 Å². The molecule has 1 saturated heterocycles. The van der Waals surface area contributed by atoms with Gasteiger partial charge in [-0.25, -0.2) is 0 Å². The van der Waals surface area contributed by atoms with Gasteiger partial charge in [-0.3, -0.25) is 20.0 Å². The van der Waals surface area contributed by atoms with Crippen LogP contribution in [0, 0.1) is 0 Å².